The van der Waals surface area contributed by atoms with Crippen molar-refractivity contribution < 1.29 is 4.74 Å². The first-order valence-electron chi connectivity index (χ1n) is 8.18. The molecule has 108 valence electrons. The molecular weight excluding hydrogens is 222 g/mol. The highest BCUT2D eigenvalue weighted by atomic mass is 16.5. The lowest BCUT2D eigenvalue weighted by Crippen LogP contribution is -2.32. The minimum absolute atomic E-state index is 0.735. The van der Waals surface area contributed by atoms with Crippen LogP contribution in [0.5, 0.6) is 0 Å². The van der Waals surface area contributed by atoms with Crippen LogP contribution in [0.1, 0.15) is 71.6 Å². The van der Waals surface area contributed by atoms with E-state index in [1.54, 1.807) is 0 Å². The predicted molar refractivity (Wildman–Crippen MR) is 79.0 cm³/mol. The summed E-state index contributed by atoms with van der Waals surface area (Å²) in [6.45, 7) is 7.70. The summed E-state index contributed by atoms with van der Waals surface area (Å²) in [5, 5.41) is 3.73. The number of ether oxygens (including phenoxy) is 1. The van der Waals surface area contributed by atoms with Crippen molar-refractivity contribution in [3.63, 3.8) is 0 Å². The zero-order valence-corrected chi connectivity index (χ0v) is 12.5. The van der Waals surface area contributed by atoms with E-state index in [9.17, 15) is 0 Å². The molecule has 0 aromatic heterocycles. The molecule has 0 spiro atoms. The van der Waals surface area contributed by atoms with Gasteiger partial charge in [0.1, 0.15) is 0 Å². The summed E-state index contributed by atoms with van der Waals surface area (Å²) in [6.07, 6.45) is 12.2. The molecule has 2 nitrogen and oxygen atoms in total. The van der Waals surface area contributed by atoms with Crippen LogP contribution in [-0.2, 0) is 4.74 Å². The van der Waals surface area contributed by atoms with Crippen molar-refractivity contribution in [2.24, 2.45) is 5.92 Å². The molecule has 0 aromatic carbocycles. The van der Waals surface area contributed by atoms with Crippen LogP contribution >= 0.6 is 0 Å². The molecule has 1 saturated heterocycles. The van der Waals surface area contributed by atoms with E-state index in [1.807, 2.05) is 0 Å². The van der Waals surface area contributed by atoms with Crippen LogP contribution < -0.4 is 5.32 Å². The molecule has 2 atom stereocenters. The van der Waals surface area contributed by atoms with Gasteiger partial charge in [0.05, 0.1) is 0 Å². The minimum atomic E-state index is 0.735. The Labute approximate surface area is 114 Å². The molecule has 18 heavy (non-hydrogen) atoms. The molecule has 1 aliphatic rings. The predicted octanol–water partition coefficient (Wildman–Crippen LogP) is 4.14. The zero-order chi connectivity index (χ0) is 13.1. The van der Waals surface area contributed by atoms with E-state index in [4.69, 9.17) is 4.74 Å². The van der Waals surface area contributed by atoms with Gasteiger partial charge in [-0.1, -0.05) is 46.0 Å². The standard InChI is InChI=1S/C16H33NO/c1-3-5-6-7-8-9-16(17-11-4-2)13-15-10-12-18-14-15/h15-17H,3-14H2,1-2H3. The van der Waals surface area contributed by atoms with E-state index >= 15 is 0 Å². The number of nitrogens with one attached hydrogen (secondary N) is 1. The zero-order valence-electron chi connectivity index (χ0n) is 12.5. The van der Waals surface area contributed by atoms with Gasteiger partial charge in [-0.15, -0.1) is 0 Å². The Balaban J connectivity index is 2.13. The van der Waals surface area contributed by atoms with E-state index < -0.39 is 0 Å². The highest BCUT2D eigenvalue weighted by molar-refractivity contribution is 4.74. The molecule has 1 N–H and O–H groups in total. The van der Waals surface area contributed by atoms with Crippen molar-refractivity contribution in [2.45, 2.75) is 77.7 Å². The van der Waals surface area contributed by atoms with Crippen LogP contribution in [0.2, 0.25) is 0 Å². The first kappa shape index (κ1) is 16.0. The molecule has 1 fully saturated rings. The largest absolute Gasteiger partial charge is 0.381 e. The summed E-state index contributed by atoms with van der Waals surface area (Å²) in [5.74, 6) is 0.815. The van der Waals surface area contributed by atoms with Crippen LogP contribution in [0.4, 0.5) is 0 Å². The first-order chi connectivity index (χ1) is 8.86. The van der Waals surface area contributed by atoms with Crippen LogP contribution in [0.15, 0.2) is 0 Å². The number of rotatable bonds is 11. The lowest BCUT2D eigenvalue weighted by Gasteiger charge is -2.21. The SMILES string of the molecule is CCCCCCCC(CC1CCOC1)NCCC. The number of hydrogen-bond donors (Lipinski definition) is 1. The van der Waals surface area contributed by atoms with Gasteiger partial charge in [0, 0.05) is 19.3 Å². The van der Waals surface area contributed by atoms with E-state index in [0.717, 1.165) is 25.2 Å². The maximum absolute atomic E-state index is 5.49. The first-order valence-corrected chi connectivity index (χ1v) is 8.18. The van der Waals surface area contributed by atoms with Crippen molar-refractivity contribution in [1.82, 2.24) is 5.32 Å². The Morgan fingerprint density at radius 3 is 2.61 bits per heavy atom. The van der Waals surface area contributed by atoms with Crippen molar-refractivity contribution in [3.05, 3.63) is 0 Å². The van der Waals surface area contributed by atoms with E-state index in [-0.39, 0.29) is 0 Å². The number of hydrogen-bond acceptors (Lipinski definition) is 2. The lowest BCUT2D eigenvalue weighted by atomic mass is 9.95. The van der Waals surface area contributed by atoms with Crippen molar-refractivity contribution in [1.29, 1.82) is 0 Å². The molecule has 2 heteroatoms. The quantitative estimate of drug-likeness (QED) is 0.560. The highest BCUT2D eigenvalue weighted by Gasteiger charge is 2.20. The molecule has 1 aliphatic heterocycles. The molecule has 0 aliphatic carbocycles. The Hall–Kier alpha value is -0.0800. The molecule has 1 rings (SSSR count). The fraction of sp³-hybridized carbons (Fsp3) is 1.00. The van der Waals surface area contributed by atoms with Gasteiger partial charge in [0.15, 0.2) is 0 Å². The average molecular weight is 255 g/mol. The molecule has 0 saturated carbocycles. The van der Waals surface area contributed by atoms with Gasteiger partial charge in [-0.2, -0.15) is 0 Å². The van der Waals surface area contributed by atoms with Gasteiger partial charge in [-0.25, -0.2) is 0 Å². The maximum atomic E-state index is 5.49. The van der Waals surface area contributed by atoms with Gasteiger partial charge in [-0.3, -0.25) is 0 Å². The fourth-order valence-electron chi connectivity index (χ4n) is 2.82. The second-order valence-corrected chi connectivity index (χ2v) is 5.82. The van der Waals surface area contributed by atoms with E-state index in [0.29, 0.717) is 0 Å². The Bertz CT molecular complexity index is 178. The summed E-state index contributed by atoms with van der Waals surface area (Å²) in [5.41, 5.74) is 0. The van der Waals surface area contributed by atoms with Crippen molar-refractivity contribution in [2.75, 3.05) is 19.8 Å². The third kappa shape index (κ3) is 7.38. The summed E-state index contributed by atoms with van der Waals surface area (Å²) in [4.78, 5) is 0. The van der Waals surface area contributed by atoms with Crippen LogP contribution in [0.25, 0.3) is 0 Å². The summed E-state index contributed by atoms with van der Waals surface area (Å²) in [6, 6.07) is 0.735. The Morgan fingerprint density at radius 2 is 1.94 bits per heavy atom. The monoisotopic (exact) mass is 255 g/mol. The average Bonchev–Trinajstić information content (AvgIpc) is 2.88. The summed E-state index contributed by atoms with van der Waals surface area (Å²) in [7, 11) is 0. The second kappa shape index (κ2) is 10.8. The van der Waals surface area contributed by atoms with Gasteiger partial charge >= 0.3 is 0 Å². The fourth-order valence-corrected chi connectivity index (χ4v) is 2.82. The Kier molecular flexibility index (Phi) is 9.59. The summed E-state index contributed by atoms with van der Waals surface area (Å²) < 4.78 is 5.49. The van der Waals surface area contributed by atoms with Gasteiger partial charge < -0.3 is 10.1 Å². The van der Waals surface area contributed by atoms with Crippen LogP contribution in [0, 0.1) is 5.92 Å². The highest BCUT2D eigenvalue weighted by Crippen LogP contribution is 2.21. The normalized spacial score (nSPS) is 21.3. The van der Waals surface area contributed by atoms with Crippen molar-refractivity contribution >= 4 is 0 Å². The molecule has 0 amide bonds. The molecule has 0 radical (unpaired) electrons. The molecular formula is C16H33NO. The van der Waals surface area contributed by atoms with Gasteiger partial charge in [0.25, 0.3) is 0 Å². The van der Waals surface area contributed by atoms with Gasteiger partial charge in [0.2, 0.25) is 0 Å². The maximum Gasteiger partial charge on any atom is 0.0495 e. The van der Waals surface area contributed by atoms with Crippen LogP contribution in [0.3, 0.4) is 0 Å². The van der Waals surface area contributed by atoms with E-state index in [2.05, 4.69) is 19.2 Å². The summed E-state index contributed by atoms with van der Waals surface area (Å²) >= 11 is 0. The number of unbranched alkanes of at least 4 members (excludes halogenated alkanes) is 4. The molecule has 0 aromatic rings. The molecule has 2 unspecified atom stereocenters. The topological polar surface area (TPSA) is 21.3 Å². The third-order valence-electron chi connectivity index (χ3n) is 3.98. The minimum Gasteiger partial charge on any atom is -0.381 e. The Morgan fingerprint density at radius 1 is 1.11 bits per heavy atom. The lowest BCUT2D eigenvalue weighted by molar-refractivity contribution is 0.180. The third-order valence-corrected chi connectivity index (χ3v) is 3.98. The molecule has 1 heterocycles. The second-order valence-electron chi connectivity index (χ2n) is 5.82. The smallest absolute Gasteiger partial charge is 0.0495 e. The molecule has 0 bridgehead atoms. The van der Waals surface area contributed by atoms with Crippen LogP contribution in [-0.4, -0.2) is 25.8 Å². The van der Waals surface area contributed by atoms with E-state index in [1.165, 1.54) is 64.3 Å². The van der Waals surface area contributed by atoms with Crippen molar-refractivity contribution in [3.8, 4) is 0 Å². The van der Waals surface area contributed by atoms with Gasteiger partial charge in [-0.05, 0) is 38.1 Å².